The van der Waals surface area contributed by atoms with Crippen molar-refractivity contribution in [2.24, 2.45) is 0 Å². The summed E-state index contributed by atoms with van der Waals surface area (Å²) in [6, 6.07) is 3.39. The fourth-order valence-electron chi connectivity index (χ4n) is 2.08. The maximum absolute atomic E-state index is 12.3. The van der Waals surface area contributed by atoms with Gasteiger partial charge in [-0.3, -0.25) is 14.6 Å². The molecule has 19 heavy (non-hydrogen) atoms. The summed E-state index contributed by atoms with van der Waals surface area (Å²) in [5, 5.41) is 8.75. The van der Waals surface area contributed by atoms with E-state index < -0.39 is 12.1 Å². The van der Waals surface area contributed by atoms with Gasteiger partial charge in [-0.2, -0.15) is 0 Å². The van der Waals surface area contributed by atoms with Crippen LogP contribution in [0.3, 0.4) is 0 Å². The van der Waals surface area contributed by atoms with Crippen molar-refractivity contribution in [2.45, 2.75) is 19.4 Å². The minimum absolute atomic E-state index is 0.0842. The number of nitrogens with zero attached hydrogens (tertiary/aromatic N) is 2. The van der Waals surface area contributed by atoms with Gasteiger partial charge in [0, 0.05) is 30.5 Å². The first-order chi connectivity index (χ1) is 9.06. The van der Waals surface area contributed by atoms with Crippen LogP contribution in [0.5, 0.6) is 0 Å². The zero-order chi connectivity index (χ0) is 13.8. The van der Waals surface area contributed by atoms with Crippen molar-refractivity contribution in [3.05, 3.63) is 29.6 Å². The fourth-order valence-corrected chi connectivity index (χ4v) is 2.08. The van der Waals surface area contributed by atoms with Crippen LogP contribution in [0, 0.1) is 6.92 Å². The Morgan fingerprint density at radius 3 is 3.05 bits per heavy atom. The smallest absolute Gasteiger partial charge is 0.306 e. The minimum Gasteiger partial charge on any atom is -0.481 e. The second-order valence-corrected chi connectivity index (χ2v) is 4.53. The third kappa shape index (κ3) is 3.51. The molecule has 1 fully saturated rings. The molecule has 1 saturated heterocycles. The number of aryl methyl sites for hydroxylation is 1. The molecule has 1 atom stereocenters. The van der Waals surface area contributed by atoms with Gasteiger partial charge < -0.3 is 14.7 Å². The third-order valence-electron chi connectivity index (χ3n) is 2.97. The van der Waals surface area contributed by atoms with Crippen molar-refractivity contribution in [1.82, 2.24) is 9.88 Å². The molecule has 1 unspecified atom stereocenters. The molecule has 0 radical (unpaired) electrons. The van der Waals surface area contributed by atoms with Crippen LogP contribution in [-0.2, 0) is 9.53 Å². The summed E-state index contributed by atoms with van der Waals surface area (Å²) in [7, 11) is 0. The van der Waals surface area contributed by atoms with Crippen molar-refractivity contribution >= 4 is 11.9 Å². The molecule has 6 heteroatoms. The highest BCUT2D eigenvalue weighted by Gasteiger charge is 2.26. The SMILES string of the molecule is Cc1cc(C(=O)N2CCOC(CC(=O)O)C2)ccn1. The van der Waals surface area contributed by atoms with E-state index in [-0.39, 0.29) is 12.3 Å². The first kappa shape index (κ1) is 13.5. The molecule has 0 spiro atoms. The number of carbonyl (C=O) groups excluding carboxylic acids is 1. The Labute approximate surface area is 111 Å². The van der Waals surface area contributed by atoms with Crippen LogP contribution < -0.4 is 0 Å². The van der Waals surface area contributed by atoms with Crippen LogP contribution >= 0.6 is 0 Å². The number of aromatic nitrogens is 1. The molecule has 102 valence electrons. The average Bonchev–Trinajstić information content (AvgIpc) is 2.37. The predicted octanol–water partition coefficient (Wildman–Crippen LogP) is 0.706. The summed E-state index contributed by atoms with van der Waals surface area (Å²) in [6.45, 7) is 2.99. The number of amides is 1. The van der Waals surface area contributed by atoms with Crippen molar-refractivity contribution in [3.63, 3.8) is 0 Å². The lowest BCUT2D eigenvalue weighted by Crippen LogP contribution is -2.46. The number of ether oxygens (including phenoxy) is 1. The van der Waals surface area contributed by atoms with Gasteiger partial charge in [-0.05, 0) is 19.1 Å². The summed E-state index contributed by atoms with van der Waals surface area (Å²) in [5.74, 6) is -1.02. The Morgan fingerprint density at radius 2 is 2.37 bits per heavy atom. The molecular formula is C13H16N2O4. The maximum atomic E-state index is 12.3. The van der Waals surface area contributed by atoms with E-state index in [4.69, 9.17) is 9.84 Å². The molecule has 1 N–H and O–H groups in total. The van der Waals surface area contributed by atoms with Crippen LogP contribution in [-0.4, -0.2) is 52.7 Å². The number of pyridine rings is 1. The number of rotatable bonds is 3. The van der Waals surface area contributed by atoms with Crippen molar-refractivity contribution in [2.75, 3.05) is 19.7 Å². The molecule has 2 heterocycles. The lowest BCUT2D eigenvalue weighted by Gasteiger charge is -2.32. The topological polar surface area (TPSA) is 79.7 Å². The standard InChI is InChI=1S/C13H16N2O4/c1-9-6-10(2-3-14-9)13(18)15-4-5-19-11(8-15)7-12(16)17/h2-3,6,11H,4-5,7-8H2,1H3,(H,16,17). The Bertz CT molecular complexity index is 489. The van der Waals surface area contributed by atoms with E-state index in [2.05, 4.69) is 4.98 Å². The quantitative estimate of drug-likeness (QED) is 0.869. The molecule has 1 aromatic heterocycles. The first-order valence-electron chi connectivity index (χ1n) is 6.11. The van der Waals surface area contributed by atoms with E-state index in [1.54, 1.807) is 23.2 Å². The average molecular weight is 264 g/mol. The first-order valence-corrected chi connectivity index (χ1v) is 6.11. The lowest BCUT2D eigenvalue weighted by atomic mass is 10.1. The fraction of sp³-hybridized carbons (Fsp3) is 0.462. The lowest BCUT2D eigenvalue weighted by molar-refractivity contribution is -0.141. The zero-order valence-electron chi connectivity index (χ0n) is 10.7. The van der Waals surface area contributed by atoms with Crippen LogP contribution in [0.25, 0.3) is 0 Å². The third-order valence-corrected chi connectivity index (χ3v) is 2.97. The van der Waals surface area contributed by atoms with Gasteiger partial charge in [0.05, 0.1) is 19.1 Å². The van der Waals surface area contributed by atoms with Gasteiger partial charge in [-0.1, -0.05) is 0 Å². The summed E-state index contributed by atoms with van der Waals surface area (Å²) in [4.78, 5) is 28.6. The van der Waals surface area contributed by atoms with Gasteiger partial charge in [0.25, 0.3) is 5.91 Å². The molecule has 1 aliphatic heterocycles. The van der Waals surface area contributed by atoms with Gasteiger partial charge in [-0.25, -0.2) is 0 Å². The minimum atomic E-state index is -0.918. The summed E-state index contributed by atoms with van der Waals surface area (Å²) in [5.41, 5.74) is 1.35. The molecule has 0 bridgehead atoms. The molecule has 0 aromatic carbocycles. The molecule has 1 aliphatic rings. The van der Waals surface area contributed by atoms with E-state index in [1.807, 2.05) is 6.92 Å². The van der Waals surface area contributed by atoms with Gasteiger partial charge in [0.1, 0.15) is 0 Å². The van der Waals surface area contributed by atoms with Crippen molar-refractivity contribution in [1.29, 1.82) is 0 Å². The number of hydrogen-bond acceptors (Lipinski definition) is 4. The summed E-state index contributed by atoms with van der Waals surface area (Å²) < 4.78 is 5.34. The monoisotopic (exact) mass is 264 g/mol. The molecule has 1 amide bonds. The van der Waals surface area contributed by atoms with Crippen LogP contribution in [0.15, 0.2) is 18.3 Å². The number of carboxylic acids is 1. The number of aliphatic carboxylic acids is 1. The van der Waals surface area contributed by atoms with Gasteiger partial charge >= 0.3 is 5.97 Å². The van der Waals surface area contributed by atoms with Crippen molar-refractivity contribution < 1.29 is 19.4 Å². The van der Waals surface area contributed by atoms with Gasteiger partial charge in [0.2, 0.25) is 0 Å². The second-order valence-electron chi connectivity index (χ2n) is 4.53. The highest BCUT2D eigenvalue weighted by atomic mass is 16.5. The molecular weight excluding hydrogens is 248 g/mol. The molecule has 2 rings (SSSR count). The van der Waals surface area contributed by atoms with E-state index in [1.165, 1.54) is 0 Å². The normalized spacial score (nSPS) is 19.2. The van der Waals surface area contributed by atoms with E-state index in [9.17, 15) is 9.59 Å². The van der Waals surface area contributed by atoms with Crippen LogP contribution in [0.1, 0.15) is 22.5 Å². The summed E-state index contributed by atoms with van der Waals surface area (Å²) >= 11 is 0. The molecule has 0 saturated carbocycles. The van der Waals surface area contributed by atoms with E-state index in [0.717, 1.165) is 5.69 Å². The Balaban J connectivity index is 2.04. The van der Waals surface area contributed by atoms with Crippen LogP contribution in [0.2, 0.25) is 0 Å². The highest BCUT2D eigenvalue weighted by molar-refractivity contribution is 5.94. The number of carboxylic acid groups (broad SMARTS) is 1. The molecule has 6 nitrogen and oxygen atoms in total. The van der Waals surface area contributed by atoms with Crippen molar-refractivity contribution in [3.8, 4) is 0 Å². The number of hydrogen-bond donors (Lipinski definition) is 1. The number of carbonyl (C=O) groups is 2. The van der Waals surface area contributed by atoms with E-state index >= 15 is 0 Å². The maximum Gasteiger partial charge on any atom is 0.306 e. The Kier molecular flexibility index (Phi) is 4.11. The molecule has 1 aromatic rings. The number of morpholine rings is 1. The van der Waals surface area contributed by atoms with Gasteiger partial charge in [-0.15, -0.1) is 0 Å². The van der Waals surface area contributed by atoms with E-state index in [0.29, 0.717) is 25.3 Å². The Hall–Kier alpha value is -1.95. The predicted molar refractivity (Wildman–Crippen MR) is 66.9 cm³/mol. The largest absolute Gasteiger partial charge is 0.481 e. The molecule has 0 aliphatic carbocycles. The zero-order valence-corrected chi connectivity index (χ0v) is 10.7. The highest BCUT2D eigenvalue weighted by Crippen LogP contribution is 2.13. The second kappa shape index (κ2) is 5.79. The Morgan fingerprint density at radius 1 is 1.58 bits per heavy atom. The summed E-state index contributed by atoms with van der Waals surface area (Å²) in [6.07, 6.45) is 1.08. The van der Waals surface area contributed by atoms with Gasteiger partial charge in [0.15, 0.2) is 0 Å². The van der Waals surface area contributed by atoms with Crippen LogP contribution in [0.4, 0.5) is 0 Å².